The highest BCUT2D eigenvalue weighted by Crippen LogP contribution is 2.37. The van der Waals surface area contributed by atoms with Crippen molar-refractivity contribution in [3.8, 4) is 0 Å². The number of hydrogen-bond acceptors (Lipinski definition) is 4. The monoisotopic (exact) mass is 240 g/mol. The zero-order chi connectivity index (χ0) is 11.4. The van der Waals surface area contributed by atoms with E-state index in [2.05, 4.69) is 29.9 Å². The summed E-state index contributed by atoms with van der Waals surface area (Å²) in [5.41, 5.74) is 2.92. The van der Waals surface area contributed by atoms with E-state index < -0.39 is 0 Å². The molecular formula is C12H20N2OS. The van der Waals surface area contributed by atoms with Crippen molar-refractivity contribution >= 4 is 11.3 Å². The summed E-state index contributed by atoms with van der Waals surface area (Å²) < 4.78 is 5.56. The van der Waals surface area contributed by atoms with Crippen LogP contribution in [0.2, 0.25) is 0 Å². The largest absolute Gasteiger partial charge is 0.378 e. The first kappa shape index (κ1) is 12.0. The second-order valence-electron chi connectivity index (χ2n) is 4.39. The lowest BCUT2D eigenvalue weighted by atomic mass is 9.78. The molecule has 4 heteroatoms. The molecule has 1 saturated carbocycles. The molecule has 3 N–H and O–H groups in total. The third kappa shape index (κ3) is 2.83. The van der Waals surface area contributed by atoms with E-state index >= 15 is 0 Å². The molecule has 1 aromatic rings. The summed E-state index contributed by atoms with van der Waals surface area (Å²) in [6.45, 7) is 2.89. The standard InChI is InChI=1S/C12H20N2OS/c1-2-15-10-6-9(7-10)8-11(14-13)12-4-3-5-16-12/h3-5,9-11,14H,2,6-8,13H2,1H3. The van der Waals surface area contributed by atoms with Crippen molar-refractivity contribution in [3.63, 3.8) is 0 Å². The molecule has 1 aromatic heterocycles. The fraction of sp³-hybridized carbons (Fsp3) is 0.667. The molecule has 0 amide bonds. The average molecular weight is 240 g/mol. The van der Waals surface area contributed by atoms with Crippen molar-refractivity contribution in [2.45, 2.75) is 38.3 Å². The Hall–Kier alpha value is -0.420. The molecule has 16 heavy (non-hydrogen) atoms. The molecule has 1 unspecified atom stereocenters. The Balaban J connectivity index is 1.77. The predicted molar refractivity (Wildman–Crippen MR) is 67.1 cm³/mol. The fourth-order valence-corrected chi connectivity index (χ4v) is 3.13. The van der Waals surface area contributed by atoms with Crippen LogP contribution in [-0.2, 0) is 4.74 Å². The van der Waals surface area contributed by atoms with Crippen LogP contribution < -0.4 is 11.3 Å². The van der Waals surface area contributed by atoms with Crippen molar-refractivity contribution < 1.29 is 4.74 Å². The van der Waals surface area contributed by atoms with Crippen molar-refractivity contribution in [2.24, 2.45) is 11.8 Å². The van der Waals surface area contributed by atoms with E-state index in [1.165, 1.54) is 17.7 Å². The zero-order valence-corrected chi connectivity index (χ0v) is 10.5. The van der Waals surface area contributed by atoms with Gasteiger partial charge >= 0.3 is 0 Å². The molecule has 0 saturated heterocycles. The van der Waals surface area contributed by atoms with Crippen LogP contribution in [0.15, 0.2) is 17.5 Å². The summed E-state index contributed by atoms with van der Waals surface area (Å²) in [6, 6.07) is 4.54. The van der Waals surface area contributed by atoms with Crippen LogP contribution in [0.1, 0.15) is 37.1 Å². The topological polar surface area (TPSA) is 47.3 Å². The van der Waals surface area contributed by atoms with Crippen LogP contribution >= 0.6 is 11.3 Å². The van der Waals surface area contributed by atoms with E-state index in [0.717, 1.165) is 18.9 Å². The maximum absolute atomic E-state index is 5.61. The Kier molecular flexibility index (Phi) is 4.35. The lowest BCUT2D eigenvalue weighted by molar-refractivity contribution is -0.0290. The summed E-state index contributed by atoms with van der Waals surface area (Å²) >= 11 is 1.77. The summed E-state index contributed by atoms with van der Waals surface area (Å²) in [5, 5.41) is 2.10. The van der Waals surface area contributed by atoms with Gasteiger partial charge in [0.05, 0.1) is 12.1 Å². The Bertz CT molecular complexity index is 296. The molecule has 0 bridgehead atoms. The lowest BCUT2D eigenvalue weighted by Crippen LogP contribution is -2.36. The number of nitrogens with one attached hydrogen (secondary N) is 1. The van der Waals surface area contributed by atoms with E-state index in [-0.39, 0.29) is 0 Å². The fourth-order valence-electron chi connectivity index (χ4n) is 2.33. The third-order valence-corrected chi connectivity index (χ3v) is 4.24. The number of thiophene rings is 1. The van der Waals surface area contributed by atoms with E-state index in [0.29, 0.717) is 12.1 Å². The predicted octanol–water partition coefficient (Wildman–Crippen LogP) is 2.46. The van der Waals surface area contributed by atoms with Gasteiger partial charge in [-0.05, 0) is 43.6 Å². The van der Waals surface area contributed by atoms with Gasteiger partial charge in [0.2, 0.25) is 0 Å². The molecule has 0 aliphatic heterocycles. The van der Waals surface area contributed by atoms with E-state index in [9.17, 15) is 0 Å². The highest BCUT2D eigenvalue weighted by molar-refractivity contribution is 7.10. The first-order chi connectivity index (χ1) is 7.83. The maximum atomic E-state index is 5.61. The molecule has 1 aliphatic rings. The van der Waals surface area contributed by atoms with Gasteiger partial charge in [0.15, 0.2) is 0 Å². The molecule has 1 atom stereocenters. The number of ether oxygens (including phenoxy) is 1. The minimum absolute atomic E-state index is 0.313. The Labute approximate surface area is 101 Å². The average Bonchev–Trinajstić information content (AvgIpc) is 2.74. The highest BCUT2D eigenvalue weighted by Gasteiger charge is 2.31. The van der Waals surface area contributed by atoms with Gasteiger partial charge in [-0.2, -0.15) is 0 Å². The molecule has 0 aromatic carbocycles. The molecule has 1 aliphatic carbocycles. The zero-order valence-electron chi connectivity index (χ0n) is 9.69. The summed E-state index contributed by atoms with van der Waals surface area (Å²) in [4.78, 5) is 1.34. The summed E-state index contributed by atoms with van der Waals surface area (Å²) in [6.07, 6.45) is 4.01. The van der Waals surface area contributed by atoms with Gasteiger partial charge in [-0.1, -0.05) is 6.07 Å². The van der Waals surface area contributed by atoms with Gasteiger partial charge in [-0.25, -0.2) is 0 Å². The van der Waals surface area contributed by atoms with Gasteiger partial charge in [0.1, 0.15) is 0 Å². The number of hydrazine groups is 1. The molecule has 1 fully saturated rings. The van der Waals surface area contributed by atoms with Gasteiger partial charge in [-0.15, -0.1) is 11.3 Å². The van der Waals surface area contributed by atoms with Crippen LogP contribution in [-0.4, -0.2) is 12.7 Å². The first-order valence-electron chi connectivity index (χ1n) is 5.94. The van der Waals surface area contributed by atoms with Crippen LogP contribution in [0.5, 0.6) is 0 Å². The van der Waals surface area contributed by atoms with Crippen molar-refractivity contribution in [3.05, 3.63) is 22.4 Å². The minimum Gasteiger partial charge on any atom is -0.378 e. The van der Waals surface area contributed by atoms with Gasteiger partial charge in [0.25, 0.3) is 0 Å². The highest BCUT2D eigenvalue weighted by atomic mass is 32.1. The van der Waals surface area contributed by atoms with Crippen LogP contribution in [0.4, 0.5) is 0 Å². The molecule has 90 valence electrons. The molecule has 3 nitrogen and oxygen atoms in total. The van der Waals surface area contributed by atoms with Crippen molar-refractivity contribution in [1.82, 2.24) is 5.43 Å². The minimum atomic E-state index is 0.313. The second kappa shape index (κ2) is 5.77. The van der Waals surface area contributed by atoms with Crippen LogP contribution in [0, 0.1) is 5.92 Å². The Morgan fingerprint density at radius 1 is 1.62 bits per heavy atom. The third-order valence-electron chi connectivity index (χ3n) is 3.25. The van der Waals surface area contributed by atoms with Crippen LogP contribution in [0.25, 0.3) is 0 Å². The Morgan fingerprint density at radius 3 is 3.00 bits per heavy atom. The second-order valence-corrected chi connectivity index (χ2v) is 5.36. The van der Waals surface area contributed by atoms with Gasteiger partial charge in [0, 0.05) is 11.5 Å². The number of hydrogen-bond donors (Lipinski definition) is 2. The Morgan fingerprint density at radius 2 is 2.44 bits per heavy atom. The maximum Gasteiger partial charge on any atom is 0.0580 e. The SMILES string of the molecule is CCOC1CC(CC(NN)c2cccs2)C1. The van der Waals surface area contributed by atoms with Crippen LogP contribution in [0.3, 0.4) is 0 Å². The van der Waals surface area contributed by atoms with Gasteiger partial charge < -0.3 is 4.74 Å². The summed E-state index contributed by atoms with van der Waals surface area (Å²) in [5.74, 6) is 6.37. The molecule has 2 rings (SSSR count). The number of nitrogens with two attached hydrogens (primary N) is 1. The summed E-state index contributed by atoms with van der Waals surface area (Å²) in [7, 11) is 0. The van der Waals surface area contributed by atoms with E-state index in [4.69, 9.17) is 10.6 Å². The van der Waals surface area contributed by atoms with E-state index in [1.807, 2.05) is 0 Å². The lowest BCUT2D eigenvalue weighted by Gasteiger charge is -2.36. The molecule has 1 heterocycles. The normalized spacial score (nSPS) is 26.4. The molecular weight excluding hydrogens is 220 g/mol. The van der Waals surface area contributed by atoms with E-state index in [1.54, 1.807) is 11.3 Å². The quantitative estimate of drug-likeness (QED) is 0.593. The van der Waals surface area contributed by atoms with Gasteiger partial charge in [-0.3, -0.25) is 11.3 Å². The molecule has 0 radical (unpaired) electrons. The smallest absolute Gasteiger partial charge is 0.0580 e. The molecule has 0 spiro atoms. The van der Waals surface area contributed by atoms with Crippen molar-refractivity contribution in [1.29, 1.82) is 0 Å². The van der Waals surface area contributed by atoms with Crippen molar-refractivity contribution in [2.75, 3.05) is 6.61 Å². The first-order valence-corrected chi connectivity index (χ1v) is 6.82. The number of rotatable bonds is 6.